The van der Waals surface area contributed by atoms with E-state index >= 15 is 0 Å². The van der Waals surface area contributed by atoms with E-state index in [1.165, 1.54) is 0 Å². The highest BCUT2D eigenvalue weighted by Gasteiger charge is 2.69. The number of alkyl carbamates (subject to hydrolysis) is 1. The molecule has 10 aliphatic heterocycles. The maximum Gasteiger partial charge on any atom is 0.407 e. The Morgan fingerprint density at radius 2 is 1.46 bits per heavy atom. The molecule has 12 bridgehead atoms. The molecule has 0 unspecified atom stereocenters. The monoisotopic (exact) mass is 1410 g/mol. The number of hydrogen-bond donors (Lipinski definition) is 9. The van der Waals surface area contributed by atoms with E-state index < -0.39 is 114 Å². The number of ketones is 1. The van der Waals surface area contributed by atoms with Crippen LogP contribution >= 0.6 is 0 Å². The van der Waals surface area contributed by atoms with Gasteiger partial charge in [0.15, 0.2) is 5.79 Å². The SMILES string of the molecule is C=C1C[C@@H]2CC[C@@]34C[C@H]5O[C@H]6[C@@H](O3)[C@H]3O[C@H](CC[C@@H]3O[C@H]6[C@H]5O4)CC(=O)C[C@@H]3[C@@H](OC)[C@@H](C[C@H](O)CNC(=O)OCc4ccc(NC(=O)[C@H](CCCNC(N)=O)NC(=O)[C@@H](NC(=O)C[C@H](NC(C)(C)C)C(=O)NCCOCCOC)C(C)C)cc4)O[C@H]3C[C@H]3O[C@@H](CC[C@@H]1O2)C[C@@H](C)C3=C. The Labute approximate surface area is 587 Å². The van der Waals surface area contributed by atoms with Crippen molar-refractivity contribution in [3.63, 3.8) is 0 Å². The number of carbonyl (C=O) groups excluding carboxylic acids is 7. The maximum atomic E-state index is 14.6. The fourth-order valence-electron chi connectivity index (χ4n) is 15.9. The molecule has 100 heavy (non-hydrogen) atoms. The first-order valence-electron chi connectivity index (χ1n) is 36.2. The fourth-order valence-corrected chi connectivity index (χ4v) is 15.9. The normalized spacial score (nSPS) is 33.7. The van der Waals surface area contributed by atoms with Gasteiger partial charge in [-0.15, -0.1) is 0 Å². The zero-order valence-corrected chi connectivity index (χ0v) is 59.5. The number of carbonyl (C=O) groups is 7. The first-order chi connectivity index (χ1) is 47.7. The summed E-state index contributed by atoms with van der Waals surface area (Å²) in [5.41, 5.74) is 7.69. The zero-order valence-electron chi connectivity index (χ0n) is 59.5. The number of hydrogen-bond acceptors (Lipinski definition) is 21. The molecule has 22 atom stereocenters. The Morgan fingerprint density at radius 3 is 2.20 bits per heavy atom. The lowest BCUT2D eigenvalue weighted by Crippen LogP contribution is -2.61. The molecule has 0 radical (unpaired) electrons. The van der Waals surface area contributed by atoms with Gasteiger partial charge in [0.1, 0.15) is 55.0 Å². The smallest absolute Gasteiger partial charge is 0.407 e. The highest BCUT2D eigenvalue weighted by molar-refractivity contribution is 5.99. The minimum Gasteiger partial charge on any atom is -0.445 e. The molecule has 10 heterocycles. The van der Waals surface area contributed by atoms with Crippen LogP contribution < -0.4 is 43.0 Å². The molecular weight excluding hydrogens is 1300 g/mol. The van der Waals surface area contributed by atoms with Crippen LogP contribution in [0.1, 0.15) is 150 Å². The molecule has 10 N–H and O–H groups in total. The summed E-state index contributed by atoms with van der Waals surface area (Å²) in [5, 5.41) is 31.0. The van der Waals surface area contributed by atoms with Crippen LogP contribution in [0.2, 0.25) is 0 Å². The highest BCUT2D eigenvalue weighted by atomic mass is 16.8. The van der Waals surface area contributed by atoms with Crippen molar-refractivity contribution in [2.75, 3.05) is 59.0 Å². The molecule has 0 aliphatic carbocycles. The quantitative estimate of drug-likeness (QED) is 0.0437. The maximum absolute atomic E-state index is 14.6. The number of urea groups is 1. The van der Waals surface area contributed by atoms with Crippen LogP contribution in [-0.2, 0) is 87.4 Å². The minimum absolute atomic E-state index is 0.00646. The Bertz CT molecular complexity index is 3010. The van der Waals surface area contributed by atoms with E-state index in [0.717, 1.165) is 43.3 Å². The van der Waals surface area contributed by atoms with Gasteiger partial charge in [0, 0.05) is 89.5 Å². The van der Waals surface area contributed by atoms with E-state index in [1.54, 1.807) is 52.3 Å². The van der Waals surface area contributed by atoms with E-state index in [0.29, 0.717) is 56.6 Å². The second-order valence-corrected chi connectivity index (χ2v) is 30.2. The van der Waals surface area contributed by atoms with Crippen molar-refractivity contribution < 1.29 is 95.5 Å². The molecule has 0 saturated carbocycles. The van der Waals surface area contributed by atoms with Crippen molar-refractivity contribution in [3.05, 3.63) is 54.1 Å². The highest BCUT2D eigenvalue weighted by Crippen LogP contribution is 2.55. The average molecular weight is 1410 g/mol. The van der Waals surface area contributed by atoms with Crippen LogP contribution in [0.5, 0.6) is 0 Å². The number of ether oxygens (including phenoxy) is 12. The number of nitrogens with two attached hydrogens (primary N) is 1. The summed E-state index contributed by atoms with van der Waals surface area (Å²) in [5.74, 6) is -3.81. The van der Waals surface area contributed by atoms with Crippen molar-refractivity contribution in [2.24, 2.45) is 23.5 Å². The molecule has 10 saturated heterocycles. The third-order valence-electron chi connectivity index (χ3n) is 20.9. The lowest BCUT2D eigenvalue weighted by Gasteiger charge is -2.47. The molecule has 10 fully saturated rings. The third-order valence-corrected chi connectivity index (χ3v) is 20.9. The van der Waals surface area contributed by atoms with E-state index in [2.05, 4.69) is 57.3 Å². The molecule has 0 aromatic heterocycles. The summed E-state index contributed by atoms with van der Waals surface area (Å²) in [6.45, 7) is 21.2. The van der Waals surface area contributed by atoms with Gasteiger partial charge >= 0.3 is 12.1 Å². The number of nitrogens with one attached hydrogen (secondary N) is 7. The fraction of sp³-hybridized carbons (Fsp3) is 0.764. The topological polar surface area (TPSA) is 361 Å². The van der Waals surface area contributed by atoms with Gasteiger partial charge in [-0.25, -0.2) is 9.59 Å². The molecular formula is C72H110N8O20. The second kappa shape index (κ2) is 34.7. The number of aliphatic hydroxyl groups is 1. The predicted octanol–water partition coefficient (Wildman–Crippen LogP) is 4.34. The van der Waals surface area contributed by atoms with Gasteiger partial charge in [-0.3, -0.25) is 24.0 Å². The third kappa shape index (κ3) is 20.2. The number of primary amides is 1. The van der Waals surface area contributed by atoms with Crippen molar-refractivity contribution in [1.29, 1.82) is 0 Å². The van der Waals surface area contributed by atoms with E-state index in [4.69, 9.17) is 62.6 Å². The molecule has 10 aliphatic rings. The van der Waals surface area contributed by atoms with E-state index in [9.17, 15) is 38.7 Å². The largest absolute Gasteiger partial charge is 0.445 e. The van der Waals surface area contributed by atoms with Gasteiger partial charge in [0.2, 0.25) is 23.6 Å². The molecule has 11 rings (SSSR count). The molecule has 1 aromatic rings. The summed E-state index contributed by atoms with van der Waals surface area (Å²) in [7, 11) is 3.14. The van der Waals surface area contributed by atoms with Crippen molar-refractivity contribution in [3.8, 4) is 0 Å². The zero-order chi connectivity index (χ0) is 71.6. The predicted molar refractivity (Wildman–Crippen MR) is 363 cm³/mol. The Morgan fingerprint density at radius 1 is 0.730 bits per heavy atom. The van der Waals surface area contributed by atoms with Gasteiger partial charge in [-0.1, -0.05) is 46.1 Å². The molecule has 28 heteroatoms. The van der Waals surface area contributed by atoms with Crippen LogP contribution in [0.15, 0.2) is 48.6 Å². The number of amides is 7. The van der Waals surface area contributed by atoms with Crippen molar-refractivity contribution >= 4 is 47.2 Å². The van der Waals surface area contributed by atoms with Gasteiger partial charge < -0.3 is 105 Å². The number of fused-ring (bicyclic) bond motifs is 6. The Kier molecular flexibility index (Phi) is 26.7. The summed E-state index contributed by atoms with van der Waals surface area (Å²) in [6, 6.07) is 2.54. The Hall–Kier alpha value is -5.73. The Balaban J connectivity index is 0.727. The van der Waals surface area contributed by atoms with Gasteiger partial charge in [0.05, 0.1) is 99.4 Å². The van der Waals surface area contributed by atoms with Crippen LogP contribution in [0, 0.1) is 17.8 Å². The lowest BCUT2D eigenvalue weighted by atomic mass is 9.81. The number of methoxy groups -OCH3 is 2. The van der Waals surface area contributed by atoms with E-state index in [1.807, 2.05) is 20.8 Å². The number of Topliss-reactive ketones (excluding diaryl/α,β-unsaturated/α-hetero) is 1. The van der Waals surface area contributed by atoms with Crippen LogP contribution in [0.4, 0.5) is 15.3 Å². The molecule has 28 nitrogen and oxygen atoms in total. The van der Waals surface area contributed by atoms with Gasteiger partial charge in [0.25, 0.3) is 0 Å². The van der Waals surface area contributed by atoms with Crippen molar-refractivity contribution in [1.82, 2.24) is 31.9 Å². The molecule has 1 spiro atoms. The summed E-state index contributed by atoms with van der Waals surface area (Å²) in [6.07, 6.45) is 0.444. The van der Waals surface area contributed by atoms with Crippen molar-refractivity contribution in [2.45, 2.75) is 278 Å². The average Bonchev–Trinajstić information content (AvgIpc) is 1.55. The summed E-state index contributed by atoms with van der Waals surface area (Å²) in [4.78, 5) is 94.1. The van der Waals surface area contributed by atoms with Crippen LogP contribution in [0.3, 0.4) is 0 Å². The lowest BCUT2D eigenvalue weighted by molar-refractivity contribution is -0.292. The number of rotatable bonds is 27. The number of anilines is 1. The molecule has 558 valence electrons. The summed E-state index contributed by atoms with van der Waals surface area (Å²) >= 11 is 0. The van der Waals surface area contributed by atoms with Crippen LogP contribution in [-0.4, -0.2) is 227 Å². The summed E-state index contributed by atoms with van der Waals surface area (Å²) < 4.78 is 76.9. The van der Waals surface area contributed by atoms with Crippen LogP contribution in [0.25, 0.3) is 0 Å². The molecule has 7 amide bonds. The van der Waals surface area contributed by atoms with Gasteiger partial charge in [-0.2, -0.15) is 0 Å². The first-order valence-corrected chi connectivity index (χ1v) is 36.2. The molecule has 1 aromatic carbocycles. The minimum atomic E-state index is -1.14. The van der Waals surface area contributed by atoms with E-state index in [-0.39, 0.29) is 144 Å². The van der Waals surface area contributed by atoms with Gasteiger partial charge in [-0.05, 0) is 119 Å². The standard InChI is InChI=1S/C72H110N8O20/c1-38(2)59(79-58(83)33-51(80-71(6,7)8)66(84)74-24-25-91-27-26-89-9)68(86)78-50(12-11-23-75-69(73)87)67(85)77-43-15-13-42(14-16-43)37-92-70(88)76-36-45(82)32-56-60(90-10)49-31-44(81)30-47-18-20-53-61(95-47)65-64-63(97-53)62-57(98-64)35-72(99-62,100-65)22-21-48-29-40(4)52(93-48)19-17-46-28-39(3)41(5)54(94-46)34-55(49)96-56/h13-16,38-39,45-57,59-65,80,82H,4-5,11-12,17-37H2,1-3,6-10H3,(H,74,84)(H,76,88)(H,77,85)(H,78,86)(H,79,83)(H3,73,75,87)/t39-,45+,46+,47-,48+,49+,50+,51+,52+,53+,54-,55+,56-,57-,59+,60-,61+,62+,63+,64-,65+,72+/m1/s1. The second-order valence-electron chi connectivity index (χ2n) is 30.2. The number of benzene rings is 1. The first kappa shape index (κ1) is 76.9. The number of aliphatic hydroxyl groups excluding tert-OH is 1.